The fraction of sp³-hybridized carbons (Fsp3) is 0. The van der Waals surface area contributed by atoms with E-state index in [1.54, 1.807) is 11.3 Å². The SMILES string of the molecule is Fc1cc(-c2cccs2)co1. The van der Waals surface area contributed by atoms with Gasteiger partial charge in [-0.25, -0.2) is 0 Å². The normalized spacial score (nSPS) is 10.3. The van der Waals surface area contributed by atoms with Crippen LogP contribution < -0.4 is 0 Å². The Kier molecular flexibility index (Phi) is 1.51. The minimum Gasteiger partial charge on any atom is -0.439 e. The molecule has 2 aromatic rings. The lowest BCUT2D eigenvalue weighted by Crippen LogP contribution is -1.60. The maximum absolute atomic E-state index is 12.4. The molecule has 0 aliphatic rings. The number of thiophene rings is 1. The number of hydrogen-bond donors (Lipinski definition) is 0. The lowest BCUT2D eigenvalue weighted by molar-refractivity contribution is 0.359. The minimum atomic E-state index is -0.534. The van der Waals surface area contributed by atoms with E-state index in [1.807, 2.05) is 17.5 Å². The summed E-state index contributed by atoms with van der Waals surface area (Å²) < 4.78 is 16.9. The van der Waals surface area contributed by atoms with Crippen LogP contribution in [0.5, 0.6) is 0 Å². The molecular weight excluding hydrogens is 163 g/mol. The quantitative estimate of drug-likeness (QED) is 0.637. The Labute approximate surface area is 67.1 Å². The molecule has 0 aliphatic carbocycles. The molecule has 0 saturated heterocycles. The van der Waals surface area contributed by atoms with Crippen LogP contribution in [0.25, 0.3) is 10.4 Å². The first-order valence-corrected chi connectivity index (χ1v) is 4.02. The molecule has 0 amide bonds. The second-order valence-corrected chi connectivity index (χ2v) is 3.06. The maximum atomic E-state index is 12.4. The predicted octanol–water partition coefficient (Wildman–Crippen LogP) is 3.15. The summed E-state index contributed by atoms with van der Waals surface area (Å²) in [6.07, 6.45) is 1.42. The van der Waals surface area contributed by atoms with Crippen LogP contribution in [0.2, 0.25) is 0 Å². The van der Waals surface area contributed by atoms with Gasteiger partial charge in [0.25, 0.3) is 6.01 Å². The molecule has 0 saturated carbocycles. The summed E-state index contributed by atoms with van der Waals surface area (Å²) in [6.45, 7) is 0. The highest BCUT2D eigenvalue weighted by Gasteiger charge is 2.02. The van der Waals surface area contributed by atoms with Crippen molar-refractivity contribution in [3.05, 3.63) is 35.9 Å². The summed E-state index contributed by atoms with van der Waals surface area (Å²) in [5, 5.41) is 1.94. The zero-order valence-corrected chi connectivity index (χ0v) is 6.40. The third-order valence-electron chi connectivity index (χ3n) is 1.37. The van der Waals surface area contributed by atoms with Gasteiger partial charge < -0.3 is 4.42 Å². The van der Waals surface area contributed by atoms with Crippen LogP contribution >= 0.6 is 11.3 Å². The van der Waals surface area contributed by atoms with Gasteiger partial charge in [-0.3, -0.25) is 0 Å². The molecular formula is C8H5FOS. The van der Waals surface area contributed by atoms with Crippen LogP contribution in [0.1, 0.15) is 0 Å². The smallest absolute Gasteiger partial charge is 0.278 e. The molecule has 2 rings (SSSR count). The first-order valence-electron chi connectivity index (χ1n) is 3.14. The fourth-order valence-corrected chi connectivity index (χ4v) is 1.59. The zero-order valence-electron chi connectivity index (χ0n) is 5.58. The van der Waals surface area contributed by atoms with Crippen molar-refractivity contribution in [3.8, 4) is 10.4 Å². The van der Waals surface area contributed by atoms with Crippen molar-refractivity contribution in [1.82, 2.24) is 0 Å². The average molecular weight is 168 g/mol. The van der Waals surface area contributed by atoms with E-state index in [0.717, 1.165) is 10.4 Å². The molecule has 3 heteroatoms. The molecule has 56 valence electrons. The second-order valence-electron chi connectivity index (χ2n) is 2.12. The Hall–Kier alpha value is -1.09. The van der Waals surface area contributed by atoms with E-state index in [-0.39, 0.29) is 0 Å². The van der Waals surface area contributed by atoms with E-state index >= 15 is 0 Å². The van der Waals surface area contributed by atoms with E-state index in [9.17, 15) is 4.39 Å². The van der Waals surface area contributed by atoms with Gasteiger partial charge in [0.05, 0.1) is 0 Å². The van der Waals surface area contributed by atoms with E-state index in [2.05, 4.69) is 4.42 Å². The van der Waals surface area contributed by atoms with Crippen LogP contribution in [-0.4, -0.2) is 0 Å². The summed E-state index contributed by atoms with van der Waals surface area (Å²) in [5.41, 5.74) is 0.803. The largest absolute Gasteiger partial charge is 0.439 e. The van der Waals surface area contributed by atoms with Gasteiger partial charge in [-0.2, -0.15) is 4.39 Å². The molecule has 0 N–H and O–H groups in total. The predicted molar refractivity (Wildman–Crippen MR) is 42.0 cm³/mol. The molecule has 0 aliphatic heterocycles. The summed E-state index contributed by atoms with van der Waals surface area (Å²) >= 11 is 1.56. The highest BCUT2D eigenvalue weighted by Crippen LogP contribution is 2.25. The Bertz CT molecular complexity index is 337. The summed E-state index contributed by atoms with van der Waals surface area (Å²) in [6, 6.07) is 4.69. The van der Waals surface area contributed by atoms with Crippen LogP contribution in [0.15, 0.2) is 34.3 Å². The van der Waals surface area contributed by atoms with Crippen molar-refractivity contribution in [2.24, 2.45) is 0 Å². The van der Waals surface area contributed by atoms with Gasteiger partial charge in [0, 0.05) is 16.5 Å². The van der Waals surface area contributed by atoms with E-state index < -0.39 is 6.01 Å². The van der Waals surface area contributed by atoms with Crippen LogP contribution in [0.3, 0.4) is 0 Å². The van der Waals surface area contributed by atoms with Crippen LogP contribution in [-0.2, 0) is 0 Å². The molecule has 0 spiro atoms. The molecule has 0 unspecified atom stereocenters. The van der Waals surface area contributed by atoms with Crippen molar-refractivity contribution in [1.29, 1.82) is 0 Å². The van der Waals surface area contributed by atoms with E-state index in [4.69, 9.17) is 0 Å². The second kappa shape index (κ2) is 2.51. The van der Waals surface area contributed by atoms with Crippen LogP contribution in [0, 0.1) is 6.01 Å². The number of furan rings is 1. The molecule has 11 heavy (non-hydrogen) atoms. The van der Waals surface area contributed by atoms with Gasteiger partial charge in [0.15, 0.2) is 0 Å². The molecule has 0 radical (unpaired) electrons. The topological polar surface area (TPSA) is 13.1 Å². The van der Waals surface area contributed by atoms with Crippen molar-refractivity contribution < 1.29 is 8.81 Å². The van der Waals surface area contributed by atoms with Gasteiger partial charge in [0.1, 0.15) is 6.26 Å². The monoisotopic (exact) mass is 168 g/mol. The summed E-state index contributed by atoms with van der Waals surface area (Å²) in [7, 11) is 0. The Morgan fingerprint density at radius 1 is 1.45 bits per heavy atom. The standard InChI is InChI=1S/C8H5FOS/c9-8-4-6(5-10-8)7-2-1-3-11-7/h1-5H. The Morgan fingerprint density at radius 2 is 2.36 bits per heavy atom. The zero-order chi connectivity index (χ0) is 7.68. The van der Waals surface area contributed by atoms with Gasteiger partial charge in [-0.1, -0.05) is 6.07 Å². The summed E-state index contributed by atoms with van der Waals surface area (Å²) in [4.78, 5) is 1.03. The van der Waals surface area contributed by atoms with E-state index in [1.165, 1.54) is 12.3 Å². The lowest BCUT2D eigenvalue weighted by Gasteiger charge is -1.83. The Morgan fingerprint density at radius 3 is 2.91 bits per heavy atom. The van der Waals surface area contributed by atoms with Crippen molar-refractivity contribution in [3.63, 3.8) is 0 Å². The van der Waals surface area contributed by atoms with Gasteiger partial charge in [0.2, 0.25) is 0 Å². The molecule has 1 nitrogen and oxygen atoms in total. The van der Waals surface area contributed by atoms with Gasteiger partial charge in [-0.15, -0.1) is 11.3 Å². The summed E-state index contributed by atoms with van der Waals surface area (Å²) in [5.74, 6) is 0. The van der Waals surface area contributed by atoms with Gasteiger partial charge >= 0.3 is 0 Å². The van der Waals surface area contributed by atoms with Gasteiger partial charge in [-0.05, 0) is 11.4 Å². The number of halogens is 1. The van der Waals surface area contributed by atoms with E-state index in [0.29, 0.717) is 0 Å². The fourth-order valence-electron chi connectivity index (χ4n) is 0.882. The third kappa shape index (κ3) is 1.19. The Balaban J connectivity index is 2.45. The molecule has 0 atom stereocenters. The molecule has 0 aromatic carbocycles. The lowest BCUT2D eigenvalue weighted by atomic mass is 10.3. The van der Waals surface area contributed by atoms with Crippen LogP contribution in [0.4, 0.5) is 4.39 Å². The first kappa shape index (κ1) is 6.61. The third-order valence-corrected chi connectivity index (χ3v) is 2.29. The minimum absolute atomic E-state index is 0.534. The molecule has 0 bridgehead atoms. The highest BCUT2D eigenvalue weighted by molar-refractivity contribution is 7.13. The number of rotatable bonds is 1. The van der Waals surface area contributed by atoms with Crippen molar-refractivity contribution >= 4 is 11.3 Å². The van der Waals surface area contributed by atoms with Crippen molar-refractivity contribution in [2.75, 3.05) is 0 Å². The number of hydrogen-bond acceptors (Lipinski definition) is 2. The maximum Gasteiger partial charge on any atom is 0.278 e. The molecule has 2 aromatic heterocycles. The molecule has 2 heterocycles. The molecule has 0 fully saturated rings. The first-order chi connectivity index (χ1) is 5.36. The average Bonchev–Trinajstić information content (AvgIpc) is 2.55. The van der Waals surface area contributed by atoms with Crippen molar-refractivity contribution in [2.45, 2.75) is 0 Å². The highest BCUT2D eigenvalue weighted by atomic mass is 32.1.